The third-order valence-corrected chi connectivity index (χ3v) is 4.07. The van der Waals surface area contributed by atoms with Gasteiger partial charge in [-0.3, -0.25) is 10.1 Å². The van der Waals surface area contributed by atoms with Crippen LogP contribution in [0.4, 0.5) is 5.69 Å². The number of rotatable bonds is 5. The van der Waals surface area contributed by atoms with E-state index in [1.165, 1.54) is 29.5 Å². The molecule has 0 bridgehead atoms. The smallest absolute Gasteiger partial charge is 0.310 e. The Hall–Kier alpha value is -1.44. The lowest BCUT2D eigenvalue weighted by molar-refractivity contribution is -0.386. The molecule has 0 amide bonds. The summed E-state index contributed by atoms with van der Waals surface area (Å²) in [5.74, 6) is 0.168. The molecule has 0 radical (unpaired) electrons. The maximum absolute atomic E-state index is 10.9. The molecule has 0 saturated carbocycles. The number of halogens is 1. The summed E-state index contributed by atoms with van der Waals surface area (Å²) in [5.41, 5.74) is 0.473. The van der Waals surface area contributed by atoms with E-state index in [2.05, 4.69) is 15.9 Å². The van der Waals surface area contributed by atoms with E-state index in [1.807, 2.05) is 11.4 Å². The number of thiophene rings is 1. The normalized spacial score (nSPS) is 10.4. The van der Waals surface area contributed by atoms with Crippen LogP contribution in [0.25, 0.3) is 0 Å². The van der Waals surface area contributed by atoms with Crippen LogP contribution in [0.5, 0.6) is 5.75 Å². The van der Waals surface area contributed by atoms with Crippen LogP contribution in [0.15, 0.2) is 34.1 Å². The summed E-state index contributed by atoms with van der Waals surface area (Å²) in [7, 11) is 0. The highest BCUT2D eigenvalue weighted by atomic mass is 79.9. The van der Waals surface area contributed by atoms with E-state index in [0.29, 0.717) is 5.56 Å². The number of ether oxygens (including phenoxy) is 1. The molecule has 1 aromatic carbocycles. The molecular formula is C12H10BrNO4S. The summed E-state index contributed by atoms with van der Waals surface area (Å²) >= 11 is 4.83. The van der Waals surface area contributed by atoms with Gasteiger partial charge in [0.1, 0.15) is 6.61 Å². The Morgan fingerprint density at radius 1 is 1.42 bits per heavy atom. The molecule has 2 rings (SSSR count). The zero-order chi connectivity index (χ0) is 13.8. The zero-order valence-corrected chi connectivity index (χ0v) is 12.1. The lowest BCUT2D eigenvalue weighted by Gasteiger charge is -2.06. The van der Waals surface area contributed by atoms with Gasteiger partial charge in [-0.25, -0.2) is 0 Å². The van der Waals surface area contributed by atoms with Gasteiger partial charge in [0.15, 0.2) is 5.75 Å². The van der Waals surface area contributed by atoms with Crippen LogP contribution >= 0.6 is 27.3 Å². The van der Waals surface area contributed by atoms with Crippen molar-refractivity contribution >= 4 is 33.0 Å². The predicted molar refractivity (Wildman–Crippen MR) is 75.4 cm³/mol. The molecule has 1 aromatic heterocycles. The largest absolute Gasteiger partial charge is 0.481 e. The lowest BCUT2D eigenvalue weighted by Crippen LogP contribution is -1.99. The molecule has 0 aliphatic carbocycles. The number of nitrogens with zero attached hydrogens (tertiary/aromatic N) is 1. The highest BCUT2D eigenvalue weighted by molar-refractivity contribution is 9.10. The topological polar surface area (TPSA) is 72.6 Å². The fourth-order valence-corrected chi connectivity index (χ4v) is 2.86. The number of hydrogen-bond donors (Lipinski definition) is 1. The highest BCUT2D eigenvalue weighted by Gasteiger charge is 2.15. The Kier molecular flexibility index (Phi) is 4.52. The first kappa shape index (κ1) is 14.0. The summed E-state index contributed by atoms with van der Waals surface area (Å²) in [6.07, 6.45) is 0. The Morgan fingerprint density at radius 3 is 2.79 bits per heavy atom. The molecule has 5 nitrogen and oxygen atoms in total. The number of benzene rings is 1. The van der Waals surface area contributed by atoms with Crippen LogP contribution in [0, 0.1) is 10.1 Å². The number of nitro benzene ring substituents is 1. The summed E-state index contributed by atoms with van der Waals surface area (Å²) in [5, 5.41) is 21.9. The first-order valence-electron chi connectivity index (χ1n) is 5.34. The van der Waals surface area contributed by atoms with Crippen LogP contribution in [0.1, 0.15) is 10.4 Å². The zero-order valence-electron chi connectivity index (χ0n) is 9.71. The number of hydrogen-bond acceptors (Lipinski definition) is 5. The third-order valence-electron chi connectivity index (χ3n) is 2.40. The second-order valence-corrected chi connectivity index (χ2v) is 5.65. The van der Waals surface area contributed by atoms with Crippen molar-refractivity contribution < 1.29 is 14.8 Å². The molecule has 7 heteroatoms. The molecule has 0 saturated heterocycles. The van der Waals surface area contributed by atoms with Crippen molar-refractivity contribution in [2.75, 3.05) is 0 Å². The first-order valence-corrected chi connectivity index (χ1v) is 7.01. The fourth-order valence-electron chi connectivity index (χ4n) is 1.50. The predicted octanol–water partition coefficient (Wildman–Crippen LogP) is 3.49. The van der Waals surface area contributed by atoms with Crippen molar-refractivity contribution in [2.24, 2.45) is 0 Å². The standard InChI is InChI=1S/C12H10BrNO4S/c13-9-4-10(19-7-9)6-18-12-3-8(5-15)1-2-11(12)14(16)17/h1-4,7,15H,5-6H2. The molecule has 0 unspecified atom stereocenters. The fraction of sp³-hybridized carbons (Fsp3) is 0.167. The summed E-state index contributed by atoms with van der Waals surface area (Å²) in [6.45, 7) is 0.0743. The number of nitro groups is 1. The molecule has 100 valence electrons. The van der Waals surface area contributed by atoms with E-state index in [1.54, 1.807) is 0 Å². The van der Waals surface area contributed by atoms with E-state index in [9.17, 15) is 10.1 Å². The van der Waals surface area contributed by atoms with E-state index in [0.717, 1.165) is 9.35 Å². The SMILES string of the molecule is O=[N+]([O-])c1ccc(CO)cc1OCc1cc(Br)cs1. The molecular weight excluding hydrogens is 334 g/mol. The molecule has 1 N–H and O–H groups in total. The summed E-state index contributed by atoms with van der Waals surface area (Å²) < 4.78 is 6.43. The Bertz CT molecular complexity index is 599. The molecule has 1 heterocycles. The van der Waals surface area contributed by atoms with E-state index in [4.69, 9.17) is 9.84 Å². The minimum absolute atomic E-state index is 0.104. The quantitative estimate of drug-likeness (QED) is 0.666. The monoisotopic (exact) mass is 343 g/mol. The molecule has 0 aliphatic heterocycles. The van der Waals surface area contributed by atoms with E-state index >= 15 is 0 Å². The van der Waals surface area contributed by atoms with Crippen LogP contribution in [0.3, 0.4) is 0 Å². The first-order chi connectivity index (χ1) is 9.10. The molecule has 0 spiro atoms. The number of aliphatic hydroxyl groups is 1. The van der Waals surface area contributed by atoms with Gasteiger partial charge in [-0.05, 0) is 39.7 Å². The molecule has 2 aromatic rings. The van der Waals surface area contributed by atoms with Gasteiger partial charge in [0.05, 0.1) is 11.5 Å². The summed E-state index contributed by atoms with van der Waals surface area (Å²) in [4.78, 5) is 11.4. The van der Waals surface area contributed by atoms with Crippen LogP contribution in [0.2, 0.25) is 0 Å². The van der Waals surface area contributed by atoms with Gasteiger partial charge >= 0.3 is 5.69 Å². The minimum atomic E-state index is -0.499. The number of aliphatic hydroxyl groups excluding tert-OH is 1. The molecule has 0 aliphatic rings. The molecule has 0 atom stereocenters. The Labute approximate surface area is 121 Å². The van der Waals surface area contributed by atoms with Crippen molar-refractivity contribution in [2.45, 2.75) is 13.2 Å². The van der Waals surface area contributed by atoms with Crippen molar-refractivity contribution in [3.05, 3.63) is 54.7 Å². The van der Waals surface area contributed by atoms with Crippen LogP contribution in [-0.4, -0.2) is 10.0 Å². The van der Waals surface area contributed by atoms with Gasteiger partial charge in [-0.1, -0.05) is 0 Å². The third kappa shape index (κ3) is 3.52. The summed E-state index contributed by atoms with van der Waals surface area (Å²) in [6, 6.07) is 6.23. The lowest BCUT2D eigenvalue weighted by atomic mass is 10.2. The second kappa shape index (κ2) is 6.14. The van der Waals surface area contributed by atoms with Crippen molar-refractivity contribution in [3.63, 3.8) is 0 Å². The molecule has 19 heavy (non-hydrogen) atoms. The Morgan fingerprint density at radius 2 is 2.21 bits per heavy atom. The van der Waals surface area contributed by atoms with Gasteiger partial charge < -0.3 is 9.84 Å². The second-order valence-electron chi connectivity index (χ2n) is 3.74. The highest BCUT2D eigenvalue weighted by Crippen LogP contribution is 2.30. The van der Waals surface area contributed by atoms with Crippen molar-refractivity contribution in [1.29, 1.82) is 0 Å². The minimum Gasteiger partial charge on any atom is -0.481 e. The Balaban J connectivity index is 2.19. The van der Waals surface area contributed by atoms with E-state index in [-0.39, 0.29) is 24.7 Å². The van der Waals surface area contributed by atoms with Gasteiger partial charge in [0.25, 0.3) is 0 Å². The van der Waals surface area contributed by atoms with Crippen LogP contribution < -0.4 is 4.74 Å². The van der Waals surface area contributed by atoms with E-state index < -0.39 is 4.92 Å². The maximum atomic E-state index is 10.9. The van der Waals surface area contributed by atoms with Crippen molar-refractivity contribution in [3.8, 4) is 5.75 Å². The van der Waals surface area contributed by atoms with Gasteiger partial charge in [-0.15, -0.1) is 11.3 Å². The van der Waals surface area contributed by atoms with Gasteiger partial charge in [0.2, 0.25) is 0 Å². The van der Waals surface area contributed by atoms with Crippen LogP contribution in [-0.2, 0) is 13.2 Å². The average Bonchev–Trinajstić information content (AvgIpc) is 2.81. The maximum Gasteiger partial charge on any atom is 0.310 e. The molecule has 0 fully saturated rings. The van der Waals surface area contributed by atoms with Crippen molar-refractivity contribution in [1.82, 2.24) is 0 Å². The van der Waals surface area contributed by atoms with Gasteiger partial charge in [-0.2, -0.15) is 0 Å². The average molecular weight is 344 g/mol. The van der Waals surface area contributed by atoms with Gasteiger partial charge in [0, 0.05) is 20.8 Å².